The molecule has 3 amide bonds. The number of carbonyl (C=O) groups excluding carboxylic acids is 2. The molecule has 10 heteroatoms. The Hall–Kier alpha value is -1.49. The number of amides is 3. The lowest BCUT2D eigenvalue weighted by molar-refractivity contribution is -0.133. The van der Waals surface area contributed by atoms with Crippen LogP contribution in [-0.4, -0.2) is 72.8 Å². The van der Waals surface area contributed by atoms with Gasteiger partial charge in [0.2, 0.25) is 0 Å². The van der Waals surface area contributed by atoms with Crippen LogP contribution in [0.4, 0.5) is 4.79 Å². The summed E-state index contributed by atoms with van der Waals surface area (Å²) in [4.78, 5) is 28.2. The number of piperazine rings is 1. The second kappa shape index (κ2) is 7.50. The summed E-state index contributed by atoms with van der Waals surface area (Å²) in [5, 5.41) is 4.55. The van der Waals surface area contributed by atoms with Crippen LogP contribution >= 0.6 is 11.3 Å². The molecule has 3 heterocycles. The number of hydrogen-bond donors (Lipinski definition) is 1. The number of nitrogens with one attached hydrogen (secondary N) is 1. The maximum Gasteiger partial charge on any atom is 0.326 e. The third-order valence-corrected chi connectivity index (χ3v) is 8.20. The van der Waals surface area contributed by atoms with E-state index in [0.29, 0.717) is 36.8 Å². The zero-order valence-electron chi connectivity index (χ0n) is 15.8. The quantitative estimate of drug-likeness (QED) is 0.710. The molecule has 1 atom stereocenters. The smallest absolute Gasteiger partial charge is 0.323 e. The first-order chi connectivity index (χ1) is 12.6. The van der Waals surface area contributed by atoms with Gasteiger partial charge < -0.3 is 5.32 Å². The maximum atomic E-state index is 12.7. The van der Waals surface area contributed by atoms with Gasteiger partial charge in [0.15, 0.2) is 0 Å². The minimum atomic E-state index is -3.46. The third kappa shape index (κ3) is 4.03. The summed E-state index contributed by atoms with van der Waals surface area (Å²) in [6.07, 6.45) is 0.584. The molecule has 0 radical (unpaired) electrons. The van der Waals surface area contributed by atoms with Gasteiger partial charge in [-0.25, -0.2) is 18.1 Å². The molecular weight excluding hydrogens is 388 g/mol. The molecule has 3 rings (SSSR count). The molecule has 0 aromatic carbocycles. The average Bonchev–Trinajstić information content (AvgIpc) is 3.19. The third-order valence-electron chi connectivity index (χ3n) is 4.92. The van der Waals surface area contributed by atoms with Crippen LogP contribution in [0.25, 0.3) is 0 Å². The van der Waals surface area contributed by atoms with Crippen molar-refractivity contribution in [3.63, 3.8) is 0 Å². The molecule has 2 aliphatic heterocycles. The number of hydrogen-bond acceptors (Lipinski definition) is 6. The van der Waals surface area contributed by atoms with Crippen LogP contribution in [0.5, 0.6) is 0 Å². The minimum Gasteiger partial charge on any atom is -0.323 e. The van der Waals surface area contributed by atoms with E-state index in [2.05, 4.69) is 5.32 Å². The molecule has 1 N–H and O–H groups in total. The van der Waals surface area contributed by atoms with Gasteiger partial charge in [0.25, 0.3) is 15.9 Å². The van der Waals surface area contributed by atoms with Crippen molar-refractivity contribution < 1.29 is 18.0 Å². The van der Waals surface area contributed by atoms with E-state index in [9.17, 15) is 18.0 Å². The molecule has 8 nitrogen and oxygen atoms in total. The highest BCUT2D eigenvalue weighted by Gasteiger charge is 2.48. The Labute approximate surface area is 164 Å². The summed E-state index contributed by atoms with van der Waals surface area (Å²) >= 11 is 1.21. The van der Waals surface area contributed by atoms with E-state index < -0.39 is 15.6 Å². The largest absolute Gasteiger partial charge is 0.326 e. The van der Waals surface area contributed by atoms with Crippen LogP contribution < -0.4 is 5.32 Å². The Bertz CT molecular complexity index is 801. The van der Waals surface area contributed by atoms with Gasteiger partial charge in [0, 0.05) is 26.2 Å². The molecule has 0 saturated carbocycles. The number of thiophene rings is 1. The van der Waals surface area contributed by atoms with Crippen molar-refractivity contribution in [1.82, 2.24) is 19.4 Å². The first-order valence-electron chi connectivity index (χ1n) is 9.03. The maximum absolute atomic E-state index is 12.7. The molecule has 2 fully saturated rings. The van der Waals surface area contributed by atoms with Gasteiger partial charge in [-0.3, -0.25) is 9.69 Å². The molecule has 0 spiro atoms. The standard InChI is InChI=1S/C17H26N4O4S2/c1-13(2)11-17(3)15(22)21(16(23)18-17)12-19-6-8-20(9-7-19)27(24,25)14-5-4-10-26-14/h4-5,10,13H,6-9,11-12H2,1-3H3,(H,18,23)/t17-/m0/s1. The molecule has 27 heavy (non-hydrogen) atoms. The Balaban J connectivity index is 1.60. The van der Waals surface area contributed by atoms with E-state index in [0.717, 1.165) is 0 Å². The molecule has 1 aromatic heterocycles. The first kappa shape index (κ1) is 20.2. The second-order valence-corrected chi connectivity index (χ2v) is 10.8. The van der Waals surface area contributed by atoms with Gasteiger partial charge in [-0.2, -0.15) is 4.31 Å². The van der Waals surface area contributed by atoms with E-state index in [1.165, 1.54) is 20.5 Å². The van der Waals surface area contributed by atoms with Crippen LogP contribution in [0.1, 0.15) is 27.2 Å². The van der Waals surface area contributed by atoms with E-state index in [-0.39, 0.29) is 24.5 Å². The van der Waals surface area contributed by atoms with Gasteiger partial charge in [-0.15, -0.1) is 11.3 Å². The van der Waals surface area contributed by atoms with Gasteiger partial charge in [0.1, 0.15) is 9.75 Å². The van der Waals surface area contributed by atoms with Gasteiger partial charge >= 0.3 is 6.03 Å². The summed E-state index contributed by atoms with van der Waals surface area (Å²) in [7, 11) is -3.46. The van der Waals surface area contributed by atoms with Crippen LogP contribution in [0.3, 0.4) is 0 Å². The fourth-order valence-electron chi connectivity index (χ4n) is 3.68. The van der Waals surface area contributed by atoms with Crippen LogP contribution in [0, 0.1) is 5.92 Å². The number of carbonyl (C=O) groups is 2. The Morgan fingerprint density at radius 1 is 1.22 bits per heavy atom. The highest BCUT2D eigenvalue weighted by molar-refractivity contribution is 7.91. The summed E-state index contributed by atoms with van der Waals surface area (Å²) < 4.78 is 27.0. The zero-order chi connectivity index (χ0) is 19.8. The molecule has 150 valence electrons. The number of rotatable bonds is 6. The molecule has 0 unspecified atom stereocenters. The van der Waals surface area contributed by atoms with Crippen molar-refractivity contribution >= 4 is 33.3 Å². The van der Waals surface area contributed by atoms with E-state index in [1.54, 1.807) is 24.4 Å². The Morgan fingerprint density at radius 2 is 1.89 bits per heavy atom. The van der Waals surface area contributed by atoms with Crippen LogP contribution in [-0.2, 0) is 14.8 Å². The molecule has 0 aliphatic carbocycles. The lowest BCUT2D eigenvalue weighted by atomic mass is 9.91. The fraction of sp³-hybridized carbons (Fsp3) is 0.647. The monoisotopic (exact) mass is 414 g/mol. The number of sulfonamides is 1. The average molecular weight is 415 g/mol. The van der Waals surface area contributed by atoms with E-state index in [1.807, 2.05) is 18.7 Å². The van der Waals surface area contributed by atoms with Gasteiger partial charge in [0.05, 0.1) is 6.67 Å². The predicted octanol–water partition coefficient (Wildman–Crippen LogP) is 1.37. The fourth-order valence-corrected chi connectivity index (χ4v) is 6.25. The molecule has 2 aliphatic rings. The van der Waals surface area contributed by atoms with Crippen molar-refractivity contribution in [3.8, 4) is 0 Å². The summed E-state index contributed by atoms with van der Waals surface area (Å²) in [6, 6.07) is 2.95. The Kier molecular flexibility index (Phi) is 5.62. The molecule has 2 saturated heterocycles. The SMILES string of the molecule is CC(C)C[C@]1(C)NC(=O)N(CN2CCN(S(=O)(=O)c3cccs3)CC2)C1=O. The topological polar surface area (TPSA) is 90.0 Å². The van der Waals surface area contributed by atoms with Crippen molar-refractivity contribution in [3.05, 3.63) is 17.5 Å². The van der Waals surface area contributed by atoms with E-state index in [4.69, 9.17) is 0 Å². The predicted molar refractivity (Wildman–Crippen MR) is 103 cm³/mol. The number of urea groups is 1. The lowest BCUT2D eigenvalue weighted by Gasteiger charge is -2.35. The van der Waals surface area contributed by atoms with Crippen molar-refractivity contribution in [2.75, 3.05) is 32.8 Å². The number of nitrogens with zero attached hydrogens (tertiary/aromatic N) is 3. The van der Waals surface area contributed by atoms with E-state index >= 15 is 0 Å². The number of imide groups is 1. The zero-order valence-corrected chi connectivity index (χ0v) is 17.5. The second-order valence-electron chi connectivity index (χ2n) is 7.69. The van der Waals surface area contributed by atoms with Crippen molar-refractivity contribution in [1.29, 1.82) is 0 Å². The van der Waals surface area contributed by atoms with Crippen molar-refractivity contribution in [2.45, 2.75) is 36.9 Å². The Morgan fingerprint density at radius 3 is 2.44 bits per heavy atom. The lowest BCUT2D eigenvalue weighted by Crippen LogP contribution is -2.52. The van der Waals surface area contributed by atoms with Gasteiger partial charge in [-0.05, 0) is 30.7 Å². The summed E-state index contributed by atoms with van der Waals surface area (Å²) in [6.45, 7) is 7.61. The molecule has 1 aromatic rings. The van der Waals surface area contributed by atoms with Crippen molar-refractivity contribution in [2.24, 2.45) is 5.92 Å². The molecular formula is C17H26N4O4S2. The van der Waals surface area contributed by atoms with Crippen LogP contribution in [0.15, 0.2) is 21.7 Å². The highest BCUT2D eigenvalue weighted by Crippen LogP contribution is 2.26. The van der Waals surface area contributed by atoms with Gasteiger partial charge in [-0.1, -0.05) is 19.9 Å². The molecule has 0 bridgehead atoms. The summed E-state index contributed by atoms with van der Waals surface area (Å²) in [5.74, 6) is 0.0695. The summed E-state index contributed by atoms with van der Waals surface area (Å²) in [5.41, 5.74) is -0.865. The minimum absolute atomic E-state index is 0.186. The first-order valence-corrected chi connectivity index (χ1v) is 11.4. The normalized spacial score (nSPS) is 25.4. The van der Waals surface area contributed by atoms with Crippen LogP contribution in [0.2, 0.25) is 0 Å². The highest BCUT2D eigenvalue weighted by atomic mass is 32.2.